The fourth-order valence-corrected chi connectivity index (χ4v) is 1.84. The Morgan fingerprint density at radius 2 is 2.00 bits per heavy atom. The van der Waals surface area contributed by atoms with Crippen molar-refractivity contribution in [1.82, 2.24) is 9.97 Å². The summed E-state index contributed by atoms with van der Waals surface area (Å²) in [4.78, 5) is 8.62. The van der Waals surface area contributed by atoms with Crippen molar-refractivity contribution in [3.63, 3.8) is 0 Å². The highest BCUT2D eigenvalue weighted by atomic mass is 16.5. The third kappa shape index (κ3) is 2.89. The van der Waals surface area contributed by atoms with Crippen LogP contribution < -0.4 is 5.32 Å². The summed E-state index contributed by atoms with van der Waals surface area (Å²) in [7, 11) is 0. The first-order chi connectivity index (χ1) is 7.24. The second kappa shape index (κ2) is 4.57. The van der Waals surface area contributed by atoms with E-state index in [2.05, 4.69) is 15.3 Å². The Morgan fingerprint density at radius 3 is 2.67 bits per heavy atom. The average molecular weight is 207 g/mol. The number of hydrogen-bond donors (Lipinski definition) is 1. The van der Waals surface area contributed by atoms with Crippen LogP contribution >= 0.6 is 0 Å². The quantitative estimate of drug-likeness (QED) is 0.801. The van der Waals surface area contributed by atoms with Crippen molar-refractivity contribution >= 4 is 5.82 Å². The highest BCUT2D eigenvalue weighted by Crippen LogP contribution is 2.13. The van der Waals surface area contributed by atoms with Crippen molar-refractivity contribution < 1.29 is 4.74 Å². The van der Waals surface area contributed by atoms with Gasteiger partial charge in [-0.25, -0.2) is 9.97 Å². The molecule has 0 atom stereocenters. The van der Waals surface area contributed by atoms with Gasteiger partial charge in [-0.1, -0.05) is 0 Å². The standard InChI is InChI=1S/C11H17N3O/c1-8-7-11(13-9(2)12-8)14-10-3-5-15-6-4-10/h7,10H,3-6H2,1-2H3,(H,12,13,14). The third-order valence-corrected chi connectivity index (χ3v) is 2.54. The molecule has 0 aromatic carbocycles. The molecule has 1 aliphatic heterocycles. The summed E-state index contributed by atoms with van der Waals surface area (Å²) >= 11 is 0. The molecular weight excluding hydrogens is 190 g/mol. The lowest BCUT2D eigenvalue weighted by molar-refractivity contribution is 0.0904. The number of nitrogens with one attached hydrogen (secondary N) is 1. The molecule has 82 valence electrons. The first-order valence-corrected chi connectivity index (χ1v) is 5.40. The lowest BCUT2D eigenvalue weighted by Crippen LogP contribution is -2.28. The molecule has 0 spiro atoms. The third-order valence-electron chi connectivity index (χ3n) is 2.54. The summed E-state index contributed by atoms with van der Waals surface area (Å²) < 4.78 is 5.31. The van der Waals surface area contributed by atoms with Crippen LogP contribution in [-0.4, -0.2) is 29.2 Å². The van der Waals surface area contributed by atoms with Crippen LogP contribution in [-0.2, 0) is 4.74 Å². The van der Waals surface area contributed by atoms with Crippen LogP contribution in [0.4, 0.5) is 5.82 Å². The van der Waals surface area contributed by atoms with Gasteiger partial charge in [0.05, 0.1) is 0 Å². The number of ether oxygens (including phenoxy) is 1. The largest absolute Gasteiger partial charge is 0.381 e. The maximum Gasteiger partial charge on any atom is 0.130 e. The minimum Gasteiger partial charge on any atom is -0.381 e. The first-order valence-electron chi connectivity index (χ1n) is 5.40. The number of aryl methyl sites for hydroxylation is 2. The molecule has 0 unspecified atom stereocenters. The van der Waals surface area contributed by atoms with E-state index in [1.807, 2.05) is 19.9 Å². The molecule has 1 aliphatic rings. The van der Waals surface area contributed by atoms with E-state index in [0.717, 1.165) is 43.4 Å². The summed E-state index contributed by atoms with van der Waals surface area (Å²) in [5, 5.41) is 3.43. The van der Waals surface area contributed by atoms with E-state index in [9.17, 15) is 0 Å². The van der Waals surface area contributed by atoms with Gasteiger partial charge in [0.25, 0.3) is 0 Å². The summed E-state index contributed by atoms with van der Waals surface area (Å²) in [6, 6.07) is 2.48. The Labute approximate surface area is 90.1 Å². The number of nitrogens with zero attached hydrogens (tertiary/aromatic N) is 2. The zero-order chi connectivity index (χ0) is 10.7. The van der Waals surface area contributed by atoms with Crippen molar-refractivity contribution in [3.8, 4) is 0 Å². The van der Waals surface area contributed by atoms with Crippen LogP contribution in [0.25, 0.3) is 0 Å². The van der Waals surface area contributed by atoms with Crippen LogP contribution in [0.3, 0.4) is 0 Å². The highest BCUT2D eigenvalue weighted by Gasteiger charge is 2.13. The Bertz CT molecular complexity index is 314. The lowest BCUT2D eigenvalue weighted by Gasteiger charge is -2.23. The van der Waals surface area contributed by atoms with Crippen molar-refractivity contribution in [2.45, 2.75) is 32.7 Å². The SMILES string of the molecule is Cc1cc(NC2CCOCC2)nc(C)n1. The Balaban J connectivity index is 2.02. The van der Waals surface area contributed by atoms with Crippen LogP contribution in [0, 0.1) is 13.8 Å². The van der Waals surface area contributed by atoms with Crippen molar-refractivity contribution in [2.75, 3.05) is 18.5 Å². The van der Waals surface area contributed by atoms with Crippen molar-refractivity contribution in [2.24, 2.45) is 0 Å². The molecule has 1 saturated heterocycles. The molecule has 1 N–H and O–H groups in total. The van der Waals surface area contributed by atoms with Crippen LogP contribution in [0.15, 0.2) is 6.07 Å². The average Bonchev–Trinajstić information content (AvgIpc) is 2.17. The minimum absolute atomic E-state index is 0.493. The molecule has 4 heteroatoms. The topological polar surface area (TPSA) is 47.0 Å². The van der Waals surface area contributed by atoms with Gasteiger partial charge in [-0.2, -0.15) is 0 Å². The first kappa shape index (κ1) is 10.4. The lowest BCUT2D eigenvalue weighted by atomic mass is 10.1. The molecule has 0 radical (unpaired) electrons. The summed E-state index contributed by atoms with van der Waals surface area (Å²) in [6.45, 7) is 5.60. The summed E-state index contributed by atoms with van der Waals surface area (Å²) in [5.74, 6) is 1.76. The van der Waals surface area contributed by atoms with Crippen LogP contribution in [0.5, 0.6) is 0 Å². The number of rotatable bonds is 2. The fraction of sp³-hybridized carbons (Fsp3) is 0.636. The van der Waals surface area contributed by atoms with Crippen molar-refractivity contribution in [3.05, 3.63) is 17.6 Å². The minimum atomic E-state index is 0.493. The summed E-state index contributed by atoms with van der Waals surface area (Å²) in [5.41, 5.74) is 1.01. The maximum atomic E-state index is 5.31. The second-order valence-corrected chi connectivity index (χ2v) is 3.97. The molecule has 0 amide bonds. The zero-order valence-corrected chi connectivity index (χ0v) is 9.29. The van der Waals surface area contributed by atoms with Gasteiger partial charge in [0, 0.05) is 31.0 Å². The van der Waals surface area contributed by atoms with Gasteiger partial charge >= 0.3 is 0 Å². The zero-order valence-electron chi connectivity index (χ0n) is 9.29. The molecule has 4 nitrogen and oxygen atoms in total. The maximum absolute atomic E-state index is 5.31. The van der Waals surface area contributed by atoms with Gasteiger partial charge in [0.2, 0.25) is 0 Å². The molecule has 1 aromatic heterocycles. The van der Waals surface area contributed by atoms with E-state index in [1.54, 1.807) is 0 Å². The monoisotopic (exact) mass is 207 g/mol. The molecular formula is C11H17N3O. The van der Waals surface area contributed by atoms with Gasteiger partial charge in [-0.05, 0) is 26.7 Å². The molecule has 15 heavy (non-hydrogen) atoms. The Morgan fingerprint density at radius 1 is 1.27 bits per heavy atom. The second-order valence-electron chi connectivity index (χ2n) is 3.97. The fourth-order valence-electron chi connectivity index (χ4n) is 1.84. The van der Waals surface area contributed by atoms with Gasteiger partial charge in [0.15, 0.2) is 0 Å². The van der Waals surface area contributed by atoms with Crippen LogP contribution in [0.1, 0.15) is 24.4 Å². The normalized spacial score (nSPS) is 17.7. The molecule has 0 saturated carbocycles. The van der Waals surface area contributed by atoms with Gasteiger partial charge in [-0.15, -0.1) is 0 Å². The molecule has 1 fully saturated rings. The van der Waals surface area contributed by atoms with Crippen LogP contribution in [0.2, 0.25) is 0 Å². The molecule has 0 bridgehead atoms. The Kier molecular flexibility index (Phi) is 3.16. The number of anilines is 1. The van der Waals surface area contributed by atoms with Gasteiger partial charge in [-0.3, -0.25) is 0 Å². The molecule has 2 heterocycles. The number of aromatic nitrogens is 2. The predicted octanol–water partition coefficient (Wildman–Crippen LogP) is 1.68. The molecule has 2 rings (SSSR count). The van der Waals surface area contributed by atoms with Crippen molar-refractivity contribution in [1.29, 1.82) is 0 Å². The number of hydrogen-bond acceptors (Lipinski definition) is 4. The van der Waals surface area contributed by atoms with E-state index in [0.29, 0.717) is 6.04 Å². The van der Waals surface area contributed by atoms with E-state index < -0.39 is 0 Å². The predicted molar refractivity (Wildman–Crippen MR) is 59.0 cm³/mol. The molecule has 0 aliphatic carbocycles. The van der Waals surface area contributed by atoms with E-state index in [1.165, 1.54) is 0 Å². The van der Waals surface area contributed by atoms with E-state index >= 15 is 0 Å². The Hall–Kier alpha value is -1.16. The van der Waals surface area contributed by atoms with E-state index in [4.69, 9.17) is 4.74 Å². The summed E-state index contributed by atoms with van der Waals surface area (Å²) in [6.07, 6.45) is 2.12. The highest BCUT2D eigenvalue weighted by molar-refractivity contribution is 5.36. The van der Waals surface area contributed by atoms with Gasteiger partial charge < -0.3 is 10.1 Å². The van der Waals surface area contributed by atoms with E-state index in [-0.39, 0.29) is 0 Å². The van der Waals surface area contributed by atoms with Gasteiger partial charge in [0.1, 0.15) is 11.6 Å². The molecule has 1 aromatic rings. The smallest absolute Gasteiger partial charge is 0.130 e.